The molecule has 4 nitrogen and oxygen atoms in total. The Morgan fingerprint density at radius 1 is 0.850 bits per heavy atom. The summed E-state index contributed by atoms with van der Waals surface area (Å²) >= 11 is 0. The van der Waals surface area contributed by atoms with Crippen LogP contribution in [0, 0.1) is 33.4 Å². The molecule has 2 N–H and O–H groups in total. The number of hydrogen-bond acceptors (Lipinski definition) is 3. The van der Waals surface area contributed by atoms with E-state index in [1.54, 1.807) is 0 Å². The number of rotatable bonds is 1. The van der Waals surface area contributed by atoms with Crippen molar-refractivity contribution in [3.05, 3.63) is 69.8 Å². The first-order valence-corrected chi connectivity index (χ1v) is 5.12. The van der Waals surface area contributed by atoms with E-state index in [2.05, 4.69) is 0 Å². The van der Waals surface area contributed by atoms with Crippen molar-refractivity contribution in [2.75, 3.05) is 5.73 Å². The normalized spacial score (nSPS) is 9.60. The maximum absolute atomic E-state index is 12.4. The SMILES string of the molecule is Nc1c(F)cccc1F.O=[N+]([O-])c1c(F)cccc1F. The fourth-order valence-electron chi connectivity index (χ4n) is 1.17. The molecule has 0 amide bonds. The minimum atomic E-state index is -1.16. The molecule has 0 heterocycles. The second kappa shape index (κ2) is 6.50. The molecule has 8 heteroatoms. The summed E-state index contributed by atoms with van der Waals surface area (Å²) in [5.41, 5.74) is 3.41. The van der Waals surface area contributed by atoms with Crippen molar-refractivity contribution >= 4 is 11.4 Å². The number of anilines is 1. The first-order valence-electron chi connectivity index (χ1n) is 5.12. The number of hydrogen-bond donors (Lipinski definition) is 1. The van der Waals surface area contributed by atoms with Crippen LogP contribution in [0.15, 0.2) is 36.4 Å². The highest BCUT2D eigenvalue weighted by molar-refractivity contribution is 5.40. The predicted molar refractivity (Wildman–Crippen MR) is 63.8 cm³/mol. The minimum Gasteiger partial charge on any atom is -0.394 e. The predicted octanol–water partition coefficient (Wildman–Crippen LogP) is 3.42. The third kappa shape index (κ3) is 3.67. The average molecular weight is 288 g/mol. The lowest BCUT2D eigenvalue weighted by Gasteiger charge is -1.94. The summed E-state index contributed by atoms with van der Waals surface area (Å²) in [6, 6.07) is 6.22. The first kappa shape index (κ1) is 15.4. The van der Waals surface area contributed by atoms with E-state index >= 15 is 0 Å². The Kier molecular flexibility index (Phi) is 5.01. The molecular formula is C12H8F4N2O2. The maximum Gasteiger partial charge on any atom is 0.340 e. The van der Waals surface area contributed by atoms with Crippen molar-refractivity contribution in [3.8, 4) is 0 Å². The van der Waals surface area contributed by atoms with Crippen LogP contribution < -0.4 is 5.73 Å². The minimum absolute atomic E-state index is 0.419. The van der Waals surface area contributed by atoms with Gasteiger partial charge in [-0.15, -0.1) is 0 Å². The molecule has 2 aromatic rings. The molecule has 106 valence electrons. The summed E-state index contributed by atoms with van der Waals surface area (Å²) in [5.74, 6) is -3.74. The summed E-state index contributed by atoms with van der Waals surface area (Å²) in [6.07, 6.45) is 0. The molecule has 0 aliphatic rings. The lowest BCUT2D eigenvalue weighted by Crippen LogP contribution is -1.95. The number of nitro benzene ring substituents is 1. The van der Waals surface area contributed by atoms with Crippen molar-refractivity contribution in [3.63, 3.8) is 0 Å². The van der Waals surface area contributed by atoms with E-state index in [0.717, 1.165) is 30.3 Å². The molecule has 0 aliphatic heterocycles. The quantitative estimate of drug-likeness (QED) is 0.378. The summed E-state index contributed by atoms with van der Waals surface area (Å²) in [6.45, 7) is 0. The van der Waals surface area contributed by atoms with Crippen molar-refractivity contribution in [2.45, 2.75) is 0 Å². The Hall–Kier alpha value is -2.64. The molecule has 0 radical (unpaired) electrons. The van der Waals surface area contributed by atoms with Crippen LogP contribution in [0.5, 0.6) is 0 Å². The maximum atomic E-state index is 12.4. The molecule has 2 aromatic carbocycles. The van der Waals surface area contributed by atoms with E-state index in [9.17, 15) is 27.7 Å². The highest BCUT2D eigenvalue weighted by atomic mass is 19.1. The highest BCUT2D eigenvalue weighted by Gasteiger charge is 2.18. The van der Waals surface area contributed by atoms with Crippen LogP contribution in [-0.4, -0.2) is 4.92 Å². The Bertz CT molecular complexity index is 594. The Labute approximate surface area is 110 Å². The smallest absolute Gasteiger partial charge is 0.340 e. The van der Waals surface area contributed by atoms with Crippen molar-refractivity contribution in [1.82, 2.24) is 0 Å². The molecule has 0 aliphatic carbocycles. The molecule has 0 saturated heterocycles. The van der Waals surface area contributed by atoms with E-state index < -0.39 is 39.6 Å². The van der Waals surface area contributed by atoms with Crippen LogP contribution in [-0.2, 0) is 0 Å². The van der Waals surface area contributed by atoms with Gasteiger partial charge in [-0.25, -0.2) is 8.78 Å². The van der Waals surface area contributed by atoms with Crippen LogP contribution in [0.3, 0.4) is 0 Å². The fraction of sp³-hybridized carbons (Fsp3) is 0. The van der Waals surface area contributed by atoms with Gasteiger partial charge < -0.3 is 5.73 Å². The standard InChI is InChI=1S/C6H3F2NO2.C6H5F2N/c7-4-2-1-3-5(8)6(4)9(10)11;7-4-2-1-3-5(8)6(4)9/h1-3H;1-3H,9H2. The van der Waals surface area contributed by atoms with Crippen LogP contribution >= 0.6 is 0 Å². The molecule has 0 saturated carbocycles. The molecule has 0 spiro atoms. The lowest BCUT2D eigenvalue weighted by atomic mass is 10.3. The zero-order valence-electron chi connectivity index (χ0n) is 9.82. The highest BCUT2D eigenvalue weighted by Crippen LogP contribution is 2.19. The Morgan fingerprint density at radius 2 is 1.20 bits per heavy atom. The number of nitrogens with zero attached hydrogens (tertiary/aromatic N) is 1. The molecular weight excluding hydrogens is 280 g/mol. The van der Waals surface area contributed by atoms with Gasteiger partial charge in [-0.3, -0.25) is 10.1 Å². The number of nitrogens with two attached hydrogens (primary N) is 1. The van der Waals surface area contributed by atoms with Crippen LogP contribution in [0.25, 0.3) is 0 Å². The zero-order valence-corrected chi connectivity index (χ0v) is 9.82. The molecule has 0 fully saturated rings. The number of para-hydroxylation sites is 2. The van der Waals surface area contributed by atoms with Gasteiger partial charge in [-0.2, -0.15) is 8.78 Å². The van der Waals surface area contributed by atoms with Crippen molar-refractivity contribution in [2.24, 2.45) is 0 Å². The van der Waals surface area contributed by atoms with E-state index in [0.29, 0.717) is 0 Å². The van der Waals surface area contributed by atoms with Crippen molar-refractivity contribution < 1.29 is 22.5 Å². The Balaban J connectivity index is 0.000000204. The average Bonchev–Trinajstić information content (AvgIpc) is 2.36. The summed E-state index contributed by atoms with van der Waals surface area (Å²) in [4.78, 5) is 8.88. The second-order valence-electron chi connectivity index (χ2n) is 3.46. The van der Waals surface area contributed by atoms with E-state index in [1.807, 2.05) is 0 Å². The fourth-order valence-corrected chi connectivity index (χ4v) is 1.17. The molecule has 0 bridgehead atoms. The summed E-state index contributed by atoms with van der Waals surface area (Å²) < 4.78 is 49.3. The molecule has 2 rings (SSSR count). The summed E-state index contributed by atoms with van der Waals surface area (Å²) in [7, 11) is 0. The van der Waals surface area contributed by atoms with Gasteiger partial charge in [0.15, 0.2) is 0 Å². The third-order valence-corrected chi connectivity index (χ3v) is 2.12. The Morgan fingerprint density at radius 3 is 1.45 bits per heavy atom. The van der Waals surface area contributed by atoms with Crippen LogP contribution in [0.4, 0.5) is 28.9 Å². The molecule has 0 aromatic heterocycles. The van der Waals surface area contributed by atoms with Crippen LogP contribution in [0.2, 0.25) is 0 Å². The first-order chi connectivity index (χ1) is 9.34. The van der Waals surface area contributed by atoms with E-state index in [1.165, 1.54) is 6.07 Å². The van der Waals surface area contributed by atoms with Gasteiger partial charge in [0.05, 0.1) is 4.92 Å². The van der Waals surface area contributed by atoms with Gasteiger partial charge in [-0.05, 0) is 24.3 Å². The number of nitrogen functional groups attached to an aromatic ring is 1. The topological polar surface area (TPSA) is 69.2 Å². The number of benzene rings is 2. The lowest BCUT2D eigenvalue weighted by molar-refractivity contribution is -0.390. The van der Waals surface area contributed by atoms with Crippen LogP contribution in [0.1, 0.15) is 0 Å². The molecule has 0 unspecified atom stereocenters. The monoisotopic (exact) mass is 288 g/mol. The number of nitro groups is 1. The molecule has 20 heavy (non-hydrogen) atoms. The number of halogens is 4. The van der Waals surface area contributed by atoms with Gasteiger partial charge in [0.2, 0.25) is 11.6 Å². The van der Waals surface area contributed by atoms with Gasteiger partial charge >= 0.3 is 5.69 Å². The van der Waals surface area contributed by atoms with Gasteiger partial charge in [-0.1, -0.05) is 12.1 Å². The zero-order chi connectivity index (χ0) is 15.3. The van der Waals surface area contributed by atoms with Crippen molar-refractivity contribution in [1.29, 1.82) is 0 Å². The van der Waals surface area contributed by atoms with Gasteiger partial charge in [0.1, 0.15) is 17.3 Å². The largest absolute Gasteiger partial charge is 0.394 e. The van der Waals surface area contributed by atoms with Gasteiger partial charge in [0, 0.05) is 0 Å². The summed E-state index contributed by atoms with van der Waals surface area (Å²) in [5, 5.41) is 9.97. The third-order valence-electron chi connectivity index (χ3n) is 2.12. The van der Waals surface area contributed by atoms with E-state index in [-0.39, 0.29) is 0 Å². The second-order valence-corrected chi connectivity index (χ2v) is 3.46. The molecule has 0 atom stereocenters. The van der Waals surface area contributed by atoms with E-state index in [4.69, 9.17) is 5.73 Å². The van der Waals surface area contributed by atoms with Gasteiger partial charge in [0.25, 0.3) is 0 Å².